The third kappa shape index (κ3) is 9.40. The van der Waals surface area contributed by atoms with Crippen molar-refractivity contribution in [3.8, 4) is 0 Å². The number of nitrogens with zero attached hydrogens (tertiary/aromatic N) is 1. The number of hydrogen-bond donors (Lipinski definition) is 2. The van der Waals surface area contributed by atoms with E-state index in [1.165, 1.54) is 4.90 Å². The smallest absolute Gasteiger partial charge is 0.188 e. The van der Waals surface area contributed by atoms with Crippen molar-refractivity contribution < 1.29 is 0 Å². The van der Waals surface area contributed by atoms with Gasteiger partial charge in [0.05, 0.1) is 0 Å². The van der Waals surface area contributed by atoms with Gasteiger partial charge in [0.15, 0.2) is 5.96 Å². The van der Waals surface area contributed by atoms with Gasteiger partial charge in [0, 0.05) is 28.8 Å². The molecule has 0 heterocycles. The highest BCUT2D eigenvalue weighted by molar-refractivity contribution is 14.0. The minimum absolute atomic E-state index is 0. The Morgan fingerprint density at radius 3 is 2.58 bits per heavy atom. The molecule has 1 rings (SSSR count). The Balaban J connectivity index is 0.00000324. The van der Waals surface area contributed by atoms with Crippen LogP contribution in [0.4, 0.5) is 0 Å². The molecular weight excluding hydrogens is 393 g/mol. The maximum atomic E-state index is 5.82. The van der Waals surface area contributed by atoms with Crippen molar-refractivity contribution in [3.63, 3.8) is 0 Å². The number of thioether (sulfide) groups is 1. The zero-order chi connectivity index (χ0) is 13.4. The maximum Gasteiger partial charge on any atom is 0.188 e. The molecule has 6 heteroatoms. The van der Waals surface area contributed by atoms with Gasteiger partial charge >= 0.3 is 0 Å². The van der Waals surface area contributed by atoms with Gasteiger partial charge in [-0.1, -0.05) is 25.4 Å². The summed E-state index contributed by atoms with van der Waals surface area (Å²) in [5, 5.41) is 3.87. The predicted octanol–water partition coefficient (Wildman–Crippen LogP) is 3.61. The molecule has 3 nitrogen and oxygen atoms in total. The van der Waals surface area contributed by atoms with Gasteiger partial charge in [-0.25, -0.2) is 0 Å². The van der Waals surface area contributed by atoms with Gasteiger partial charge < -0.3 is 11.1 Å². The summed E-state index contributed by atoms with van der Waals surface area (Å²) in [7, 11) is 0. The summed E-state index contributed by atoms with van der Waals surface area (Å²) in [5.74, 6) is 2.01. The van der Waals surface area contributed by atoms with E-state index in [1.54, 1.807) is 11.8 Å². The average molecular weight is 414 g/mol. The SMILES string of the molecule is CC(C)CN=C(N)NCCSc1ccc(Cl)cc1.I. The number of halogens is 2. The molecule has 0 spiro atoms. The van der Waals surface area contributed by atoms with Crippen molar-refractivity contribution in [2.45, 2.75) is 18.7 Å². The molecule has 0 unspecified atom stereocenters. The van der Waals surface area contributed by atoms with Crippen LogP contribution in [0.25, 0.3) is 0 Å². The fraction of sp³-hybridized carbons (Fsp3) is 0.462. The lowest BCUT2D eigenvalue weighted by atomic mass is 10.2. The molecule has 0 aliphatic carbocycles. The van der Waals surface area contributed by atoms with Crippen molar-refractivity contribution in [2.24, 2.45) is 16.6 Å². The highest BCUT2D eigenvalue weighted by Crippen LogP contribution is 2.19. The number of benzene rings is 1. The van der Waals surface area contributed by atoms with Crippen molar-refractivity contribution in [2.75, 3.05) is 18.8 Å². The van der Waals surface area contributed by atoms with E-state index >= 15 is 0 Å². The molecule has 3 N–H and O–H groups in total. The zero-order valence-electron chi connectivity index (χ0n) is 11.2. The zero-order valence-corrected chi connectivity index (χ0v) is 15.1. The summed E-state index contributed by atoms with van der Waals surface area (Å²) < 4.78 is 0. The molecule has 0 saturated carbocycles. The summed E-state index contributed by atoms with van der Waals surface area (Å²) in [5.41, 5.74) is 5.73. The third-order valence-corrected chi connectivity index (χ3v) is 3.38. The minimum atomic E-state index is 0. The molecule has 0 radical (unpaired) electrons. The first-order valence-corrected chi connectivity index (χ1v) is 7.36. The van der Waals surface area contributed by atoms with Gasteiger partial charge in [-0.3, -0.25) is 4.99 Å². The Morgan fingerprint density at radius 1 is 1.37 bits per heavy atom. The summed E-state index contributed by atoms with van der Waals surface area (Å²) in [6.07, 6.45) is 0. The first-order chi connectivity index (χ1) is 8.58. The second-order valence-electron chi connectivity index (χ2n) is 4.35. The maximum absolute atomic E-state index is 5.82. The third-order valence-electron chi connectivity index (χ3n) is 2.12. The number of aliphatic imine (C=N–C) groups is 1. The van der Waals surface area contributed by atoms with Crippen LogP contribution in [-0.2, 0) is 0 Å². The Morgan fingerprint density at radius 2 is 2.00 bits per heavy atom. The number of hydrogen-bond acceptors (Lipinski definition) is 2. The summed E-state index contributed by atoms with van der Waals surface area (Å²) in [6, 6.07) is 7.83. The number of rotatable bonds is 6. The lowest BCUT2D eigenvalue weighted by Crippen LogP contribution is -2.33. The fourth-order valence-corrected chi connectivity index (χ4v) is 2.11. The van der Waals surface area contributed by atoms with Crippen molar-refractivity contribution in [3.05, 3.63) is 29.3 Å². The Hall–Kier alpha value is -0.140. The fourth-order valence-electron chi connectivity index (χ4n) is 1.22. The van der Waals surface area contributed by atoms with Crippen LogP contribution in [0.5, 0.6) is 0 Å². The van der Waals surface area contributed by atoms with Crippen LogP contribution in [0.1, 0.15) is 13.8 Å². The molecular formula is C13H21ClIN3S. The van der Waals surface area contributed by atoms with Crippen LogP contribution in [-0.4, -0.2) is 24.8 Å². The molecule has 1 aromatic rings. The molecule has 0 amide bonds. The Bertz CT molecular complexity index is 382. The van der Waals surface area contributed by atoms with Crippen molar-refractivity contribution >= 4 is 53.3 Å². The largest absolute Gasteiger partial charge is 0.370 e. The van der Waals surface area contributed by atoms with Gasteiger partial charge in [0.1, 0.15) is 0 Å². The highest BCUT2D eigenvalue weighted by atomic mass is 127. The molecule has 0 aromatic heterocycles. The molecule has 19 heavy (non-hydrogen) atoms. The van der Waals surface area contributed by atoms with Crippen molar-refractivity contribution in [1.29, 1.82) is 0 Å². The van der Waals surface area contributed by atoms with E-state index in [-0.39, 0.29) is 24.0 Å². The van der Waals surface area contributed by atoms with E-state index in [1.807, 2.05) is 24.3 Å². The Labute approximate surface area is 141 Å². The van der Waals surface area contributed by atoms with E-state index < -0.39 is 0 Å². The molecule has 0 atom stereocenters. The minimum Gasteiger partial charge on any atom is -0.370 e. The standard InChI is InChI=1S/C13H20ClN3S.HI/c1-10(2)9-17-13(15)16-7-8-18-12-5-3-11(14)4-6-12;/h3-6,10H,7-9H2,1-2H3,(H3,15,16,17);1H. The predicted molar refractivity (Wildman–Crippen MR) is 96.9 cm³/mol. The van der Waals surface area contributed by atoms with Crippen LogP contribution < -0.4 is 11.1 Å². The van der Waals surface area contributed by atoms with E-state index in [0.29, 0.717) is 11.9 Å². The van der Waals surface area contributed by atoms with E-state index in [0.717, 1.165) is 23.9 Å². The van der Waals surface area contributed by atoms with Crippen molar-refractivity contribution in [1.82, 2.24) is 5.32 Å². The lowest BCUT2D eigenvalue weighted by molar-refractivity contribution is 0.662. The van der Waals surface area contributed by atoms with Crippen LogP contribution >= 0.6 is 47.3 Å². The highest BCUT2D eigenvalue weighted by Gasteiger charge is 1.96. The Kier molecular flexibility index (Phi) is 10.5. The summed E-state index contributed by atoms with van der Waals surface area (Å²) in [4.78, 5) is 5.44. The summed E-state index contributed by atoms with van der Waals surface area (Å²) in [6.45, 7) is 5.81. The average Bonchev–Trinajstić information content (AvgIpc) is 2.34. The molecule has 108 valence electrons. The second kappa shape index (κ2) is 10.6. The molecule has 0 saturated heterocycles. The van der Waals surface area contributed by atoms with Gasteiger partial charge in [-0.15, -0.1) is 35.7 Å². The number of nitrogens with one attached hydrogen (secondary N) is 1. The number of nitrogens with two attached hydrogens (primary N) is 1. The van der Waals surface area contributed by atoms with E-state index in [4.69, 9.17) is 17.3 Å². The summed E-state index contributed by atoms with van der Waals surface area (Å²) >= 11 is 7.58. The normalized spacial score (nSPS) is 11.3. The molecule has 1 aromatic carbocycles. The van der Waals surface area contributed by atoms with E-state index in [2.05, 4.69) is 24.2 Å². The topological polar surface area (TPSA) is 50.4 Å². The molecule has 0 fully saturated rings. The monoisotopic (exact) mass is 413 g/mol. The first kappa shape index (κ1) is 18.9. The molecule has 0 aliphatic rings. The molecule has 0 bridgehead atoms. The van der Waals surface area contributed by atoms with Gasteiger partial charge in [-0.2, -0.15) is 0 Å². The van der Waals surface area contributed by atoms with Gasteiger partial charge in [-0.05, 0) is 30.2 Å². The first-order valence-electron chi connectivity index (χ1n) is 6.00. The van der Waals surface area contributed by atoms with Gasteiger partial charge in [0.25, 0.3) is 0 Å². The molecule has 0 aliphatic heterocycles. The lowest BCUT2D eigenvalue weighted by Gasteiger charge is -2.06. The quantitative estimate of drug-likeness (QED) is 0.246. The van der Waals surface area contributed by atoms with Crippen LogP contribution in [0, 0.1) is 5.92 Å². The van der Waals surface area contributed by atoms with Gasteiger partial charge in [0.2, 0.25) is 0 Å². The van der Waals surface area contributed by atoms with E-state index in [9.17, 15) is 0 Å². The second-order valence-corrected chi connectivity index (χ2v) is 5.95. The van der Waals surface area contributed by atoms with Crippen LogP contribution in [0.3, 0.4) is 0 Å². The van der Waals surface area contributed by atoms with Crippen LogP contribution in [0.15, 0.2) is 34.2 Å². The number of guanidine groups is 1. The van der Waals surface area contributed by atoms with Crippen LogP contribution in [0.2, 0.25) is 5.02 Å².